The highest BCUT2D eigenvalue weighted by atomic mass is 16.4. The standard InChI is InChI=1S/C38H46N4O3/c1-23-16-24(2)18-29(17-23)34-33(25(3)20-39-15-14-26-6-10-28(11-7-26)36(43)44)32-19-30(21-40-35(32)41-34)38(4,5)37(45)42-22-27-8-12-31(42)13-9-27/h6-7,10-11,16-19,21,25,27,31,39H,8-9,12-15,20,22H2,1-5H3,(H,40,41)(H,43,44). The number of nitrogens with zero attached hydrogens (tertiary/aromatic N) is 2. The van der Waals surface area contributed by atoms with E-state index >= 15 is 0 Å². The Morgan fingerprint density at radius 3 is 2.36 bits per heavy atom. The monoisotopic (exact) mass is 606 g/mol. The Labute approximate surface area is 266 Å². The first-order chi connectivity index (χ1) is 21.5. The molecule has 7 heteroatoms. The minimum absolute atomic E-state index is 0.164. The van der Waals surface area contributed by atoms with Crippen LogP contribution in [0.4, 0.5) is 0 Å². The molecule has 7 nitrogen and oxygen atoms in total. The number of pyridine rings is 1. The molecule has 2 aromatic heterocycles. The van der Waals surface area contributed by atoms with Gasteiger partial charge in [0.25, 0.3) is 0 Å². The van der Waals surface area contributed by atoms with Gasteiger partial charge in [0.15, 0.2) is 0 Å². The van der Waals surface area contributed by atoms with E-state index in [1.807, 2.05) is 18.3 Å². The molecular weight excluding hydrogens is 560 g/mol. The van der Waals surface area contributed by atoms with Crippen molar-refractivity contribution in [1.29, 1.82) is 0 Å². The van der Waals surface area contributed by atoms with Crippen molar-refractivity contribution in [2.45, 2.75) is 84.1 Å². The van der Waals surface area contributed by atoms with Crippen LogP contribution < -0.4 is 5.32 Å². The van der Waals surface area contributed by atoms with Crippen LogP contribution in [0.5, 0.6) is 0 Å². The van der Waals surface area contributed by atoms with E-state index in [0.717, 1.165) is 72.3 Å². The SMILES string of the molecule is Cc1cc(C)cc(-c2[nH]c3ncc(C(C)(C)C(=O)N4CC5CCC4CC5)cc3c2C(C)CNCCc2ccc(C(=O)O)cc2)c1. The molecular formula is C38H46N4O3. The van der Waals surface area contributed by atoms with Crippen molar-refractivity contribution in [3.8, 4) is 11.3 Å². The molecule has 4 aromatic rings. The molecule has 1 saturated carbocycles. The molecule has 4 heterocycles. The second-order valence-corrected chi connectivity index (χ2v) is 14.0. The molecule has 0 spiro atoms. The number of carbonyl (C=O) groups excluding carboxylic acids is 1. The van der Waals surface area contributed by atoms with Gasteiger partial charge in [-0.15, -0.1) is 0 Å². The molecule has 3 aliphatic rings. The van der Waals surface area contributed by atoms with Gasteiger partial charge in [0.2, 0.25) is 5.91 Å². The average molecular weight is 607 g/mol. The number of fused-ring (bicyclic) bond motifs is 4. The van der Waals surface area contributed by atoms with Crippen molar-refractivity contribution < 1.29 is 14.7 Å². The lowest BCUT2D eigenvalue weighted by Gasteiger charge is -2.47. The first kappa shape index (κ1) is 31.0. The van der Waals surface area contributed by atoms with Gasteiger partial charge in [0, 0.05) is 30.7 Å². The summed E-state index contributed by atoms with van der Waals surface area (Å²) in [6, 6.07) is 16.3. The molecule has 3 N–H and O–H groups in total. The van der Waals surface area contributed by atoms with Crippen LogP contribution in [0.3, 0.4) is 0 Å². The molecule has 236 valence electrons. The van der Waals surface area contributed by atoms with E-state index in [0.29, 0.717) is 17.5 Å². The Hall–Kier alpha value is -3.97. The smallest absolute Gasteiger partial charge is 0.335 e. The number of aromatic amines is 1. The zero-order valence-corrected chi connectivity index (χ0v) is 27.2. The van der Waals surface area contributed by atoms with Crippen LogP contribution in [0.1, 0.15) is 90.5 Å². The number of amides is 1. The summed E-state index contributed by atoms with van der Waals surface area (Å²) in [6.45, 7) is 13.1. The number of benzene rings is 2. The number of aryl methyl sites for hydroxylation is 2. The number of rotatable bonds is 10. The quantitative estimate of drug-likeness (QED) is 0.166. The zero-order chi connectivity index (χ0) is 31.9. The van der Waals surface area contributed by atoms with Crippen LogP contribution in [0, 0.1) is 19.8 Å². The molecule has 2 bridgehead atoms. The molecule has 1 amide bonds. The van der Waals surface area contributed by atoms with Gasteiger partial charge in [0.1, 0.15) is 5.65 Å². The lowest BCUT2D eigenvalue weighted by molar-refractivity contribution is -0.144. The Kier molecular flexibility index (Phi) is 8.57. The van der Waals surface area contributed by atoms with E-state index in [1.165, 1.54) is 29.5 Å². The Morgan fingerprint density at radius 2 is 1.73 bits per heavy atom. The fraction of sp³-hybridized carbons (Fsp3) is 0.447. The highest BCUT2D eigenvalue weighted by molar-refractivity contribution is 5.93. The third-order valence-corrected chi connectivity index (χ3v) is 10.2. The number of hydrogen-bond donors (Lipinski definition) is 3. The predicted molar refractivity (Wildman–Crippen MR) is 180 cm³/mol. The normalized spacial score (nSPS) is 18.8. The fourth-order valence-corrected chi connectivity index (χ4v) is 7.56. The minimum Gasteiger partial charge on any atom is -0.478 e. The highest BCUT2D eigenvalue weighted by Crippen LogP contribution is 2.40. The first-order valence-electron chi connectivity index (χ1n) is 16.5. The molecule has 3 fully saturated rings. The number of carbonyl (C=O) groups is 2. The maximum Gasteiger partial charge on any atom is 0.335 e. The van der Waals surface area contributed by atoms with E-state index in [1.54, 1.807) is 12.1 Å². The van der Waals surface area contributed by atoms with Gasteiger partial charge in [-0.25, -0.2) is 9.78 Å². The van der Waals surface area contributed by atoms with E-state index in [4.69, 9.17) is 4.98 Å². The highest BCUT2D eigenvalue weighted by Gasteiger charge is 2.42. The minimum atomic E-state index is -0.907. The number of hydrogen-bond acceptors (Lipinski definition) is 4. The van der Waals surface area contributed by atoms with Crippen LogP contribution >= 0.6 is 0 Å². The van der Waals surface area contributed by atoms with Crippen LogP contribution in [0.2, 0.25) is 0 Å². The summed E-state index contributed by atoms with van der Waals surface area (Å²) in [5, 5.41) is 13.9. The third-order valence-electron chi connectivity index (χ3n) is 10.2. The molecule has 1 unspecified atom stereocenters. The van der Waals surface area contributed by atoms with Gasteiger partial charge in [-0.2, -0.15) is 0 Å². The number of aromatic carboxylic acids is 1. The molecule has 2 saturated heterocycles. The molecule has 1 atom stereocenters. The maximum atomic E-state index is 14.1. The molecule has 7 rings (SSSR count). The fourth-order valence-electron chi connectivity index (χ4n) is 7.56. The number of H-pyrrole nitrogens is 1. The lowest BCUT2D eigenvalue weighted by Crippen LogP contribution is -2.55. The van der Waals surface area contributed by atoms with E-state index in [9.17, 15) is 14.7 Å². The molecule has 2 aliphatic heterocycles. The summed E-state index contributed by atoms with van der Waals surface area (Å²) >= 11 is 0. The topological polar surface area (TPSA) is 98.3 Å². The molecule has 1 aliphatic carbocycles. The van der Waals surface area contributed by atoms with Crippen LogP contribution in [0.15, 0.2) is 54.7 Å². The lowest BCUT2D eigenvalue weighted by atomic mass is 9.76. The van der Waals surface area contributed by atoms with Gasteiger partial charge < -0.3 is 20.3 Å². The van der Waals surface area contributed by atoms with Crippen molar-refractivity contribution in [1.82, 2.24) is 20.2 Å². The van der Waals surface area contributed by atoms with Crippen molar-refractivity contribution in [2.24, 2.45) is 5.92 Å². The zero-order valence-electron chi connectivity index (χ0n) is 27.2. The number of aromatic nitrogens is 2. The number of carboxylic acid groups (broad SMARTS) is 1. The Balaban J connectivity index is 1.29. The summed E-state index contributed by atoms with van der Waals surface area (Å²) in [5.74, 6) is 0.119. The van der Waals surface area contributed by atoms with Crippen molar-refractivity contribution in [2.75, 3.05) is 19.6 Å². The number of carboxylic acids is 1. The van der Waals surface area contributed by atoms with Crippen molar-refractivity contribution >= 4 is 22.9 Å². The van der Waals surface area contributed by atoms with E-state index in [2.05, 4.69) is 74.1 Å². The third kappa shape index (κ3) is 6.28. The molecule has 2 aromatic carbocycles. The Bertz CT molecular complexity index is 1690. The van der Waals surface area contributed by atoms with Crippen molar-refractivity contribution in [3.05, 3.63) is 88.1 Å². The predicted octanol–water partition coefficient (Wildman–Crippen LogP) is 7.16. The summed E-state index contributed by atoms with van der Waals surface area (Å²) in [4.78, 5) is 36.0. The Morgan fingerprint density at radius 1 is 1.04 bits per heavy atom. The average Bonchev–Trinajstić information content (AvgIpc) is 3.42. The van der Waals surface area contributed by atoms with Gasteiger partial charge in [0.05, 0.1) is 16.7 Å². The van der Waals surface area contributed by atoms with Gasteiger partial charge >= 0.3 is 5.97 Å². The summed E-state index contributed by atoms with van der Waals surface area (Å²) in [7, 11) is 0. The summed E-state index contributed by atoms with van der Waals surface area (Å²) in [5.41, 5.74) is 8.39. The molecule has 0 radical (unpaired) electrons. The number of nitrogens with one attached hydrogen (secondary N) is 2. The van der Waals surface area contributed by atoms with Gasteiger partial charge in [-0.1, -0.05) is 36.2 Å². The van der Waals surface area contributed by atoms with E-state index < -0.39 is 11.4 Å². The largest absolute Gasteiger partial charge is 0.478 e. The second kappa shape index (κ2) is 12.4. The van der Waals surface area contributed by atoms with Gasteiger partial charge in [-0.05, 0) is 131 Å². The summed E-state index contributed by atoms with van der Waals surface area (Å²) in [6.07, 6.45) is 7.46. The maximum absolute atomic E-state index is 14.1. The summed E-state index contributed by atoms with van der Waals surface area (Å²) < 4.78 is 0. The van der Waals surface area contributed by atoms with E-state index in [-0.39, 0.29) is 11.8 Å². The van der Waals surface area contributed by atoms with Crippen LogP contribution in [-0.4, -0.2) is 57.5 Å². The number of piperidine rings is 2. The first-order valence-corrected chi connectivity index (χ1v) is 16.5. The molecule has 45 heavy (non-hydrogen) atoms. The second-order valence-electron chi connectivity index (χ2n) is 14.0. The van der Waals surface area contributed by atoms with Crippen LogP contribution in [0.25, 0.3) is 22.3 Å². The van der Waals surface area contributed by atoms with Gasteiger partial charge in [-0.3, -0.25) is 4.79 Å². The van der Waals surface area contributed by atoms with Crippen LogP contribution in [-0.2, 0) is 16.6 Å². The van der Waals surface area contributed by atoms with Crippen molar-refractivity contribution in [3.63, 3.8) is 0 Å².